The number of ether oxygens (including phenoxy) is 1. The number of methoxy groups -OCH3 is 1. The minimum absolute atomic E-state index is 0.427. The summed E-state index contributed by atoms with van der Waals surface area (Å²) in [7, 11) is 1.67. The van der Waals surface area contributed by atoms with Crippen LogP contribution in [-0.2, 0) is 6.54 Å². The molecule has 4 heteroatoms. The molecule has 3 N–H and O–H groups in total. The van der Waals surface area contributed by atoms with E-state index in [-0.39, 0.29) is 0 Å². The largest absolute Gasteiger partial charge is 0.496 e. The predicted molar refractivity (Wildman–Crippen MR) is 67.9 cm³/mol. The van der Waals surface area contributed by atoms with Crippen molar-refractivity contribution in [1.29, 1.82) is 0 Å². The average molecular weight is 231 g/mol. The van der Waals surface area contributed by atoms with Gasteiger partial charge in [0.05, 0.1) is 19.3 Å². The number of benzene rings is 1. The maximum absolute atomic E-state index is 5.57. The topological polar surface area (TPSA) is 63.9 Å². The first-order valence-corrected chi connectivity index (χ1v) is 5.56. The number of nitrogens with one attached hydrogen (secondary N) is 1. The molecule has 90 valence electrons. The molecule has 17 heavy (non-hydrogen) atoms. The van der Waals surface area contributed by atoms with Gasteiger partial charge in [-0.3, -0.25) is 0 Å². The first-order chi connectivity index (χ1) is 8.15. The first kappa shape index (κ1) is 11.7. The van der Waals surface area contributed by atoms with Gasteiger partial charge in [-0.15, -0.1) is 0 Å². The Balaban J connectivity index is 2.45. The van der Waals surface area contributed by atoms with E-state index in [9.17, 15) is 0 Å². The monoisotopic (exact) mass is 231 g/mol. The van der Waals surface area contributed by atoms with Crippen molar-refractivity contribution in [2.24, 2.45) is 5.73 Å². The van der Waals surface area contributed by atoms with E-state index in [1.807, 2.05) is 26.0 Å². The second kappa shape index (κ2) is 4.59. The zero-order valence-electron chi connectivity index (χ0n) is 10.4. The first-order valence-electron chi connectivity index (χ1n) is 5.56. The van der Waals surface area contributed by atoms with Crippen LogP contribution in [0.15, 0.2) is 18.2 Å². The molecule has 0 unspecified atom stereocenters. The van der Waals surface area contributed by atoms with Crippen molar-refractivity contribution < 1.29 is 4.74 Å². The van der Waals surface area contributed by atoms with Crippen LogP contribution in [0.1, 0.15) is 17.1 Å². The lowest BCUT2D eigenvalue weighted by Crippen LogP contribution is -1.97. The SMILES string of the molecule is COc1ccc(-c2nc(CN)[nH]c2C)cc1C. The molecule has 0 atom stereocenters. The normalized spacial score (nSPS) is 10.6. The second-order valence-corrected chi connectivity index (χ2v) is 4.05. The molecule has 0 bridgehead atoms. The summed E-state index contributed by atoms with van der Waals surface area (Å²) >= 11 is 0. The quantitative estimate of drug-likeness (QED) is 0.850. The highest BCUT2D eigenvalue weighted by Gasteiger charge is 2.09. The molecule has 1 aromatic heterocycles. The zero-order chi connectivity index (χ0) is 12.4. The molecule has 4 nitrogen and oxygen atoms in total. The van der Waals surface area contributed by atoms with Gasteiger partial charge in [0.2, 0.25) is 0 Å². The van der Waals surface area contributed by atoms with Gasteiger partial charge in [-0.1, -0.05) is 0 Å². The van der Waals surface area contributed by atoms with Gasteiger partial charge >= 0.3 is 0 Å². The Morgan fingerprint density at radius 1 is 1.35 bits per heavy atom. The van der Waals surface area contributed by atoms with E-state index >= 15 is 0 Å². The molecule has 0 fully saturated rings. The Bertz CT molecular complexity index is 531. The molecule has 0 aliphatic rings. The van der Waals surface area contributed by atoms with E-state index in [1.165, 1.54) is 0 Å². The highest BCUT2D eigenvalue weighted by molar-refractivity contribution is 5.64. The van der Waals surface area contributed by atoms with E-state index in [0.29, 0.717) is 6.54 Å². The third kappa shape index (κ3) is 2.17. The van der Waals surface area contributed by atoms with Crippen molar-refractivity contribution in [2.45, 2.75) is 20.4 Å². The smallest absolute Gasteiger partial charge is 0.121 e. The number of nitrogens with two attached hydrogens (primary N) is 1. The molecule has 0 aliphatic heterocycles. The number of rotatable bonds is 3. The third-order valence-corrected chi connectivity index (χ3v) is 2.80. The van der Waals surface area contributed by atoms with Gasteiger partial charge in [0, 0.05) is 11.3 Å². The lowest BCUT2D eigenvalue weighted by atomic mass is 10.1. The Hall–Kier alpha value is -1.81. The van der Waals surface area contributed by atoms with Crippen LogP contribution in [0.5, 0.6) is 5.75 Å². The standard InChI is InChI=1S/C13H17N3O/c1-8-6-10(4-5-11(8)17-3)13-9(2)15-12(7-14)16-13/h4-6H,7,14H2,1-3H3,(H,15,16). The summed E-state index contributed by atoms with van der Waals surface area (Å²) in [6.45, 7) is 4.45. The van der Waals surface area contributed by atoms with Gasteiger partial charge in [0.15, 0.2) is 0 Å². The number of aromatic amines is 1. The minimum Gasteiger partial charge on any atom is -0.496 e. The molecule has 0 spiro atoms. The Morgan fingerprint density at radius 2 is 2.12 bits per heavy atom. The second-order valence-electron chi connectivity index (χ2n) is 4.05. The van der Waals surface area contributed by atoms with Crippen LogP contribution in [-0.4, -0.2) is 17.1 Å². The number of H-pyrrole nitrogens is 1. The van der Waals surface area contributed by atoms with Gasteiger partial charge in [-0.25, -0.2) is 4.98 Å². The third-order valence-electron chi connectivity index (χ3n) is 2.80. The lowest BCUT2D eigenvalue weighted by molar-refractivity contribution is 0.412. The summed E-state index contributed by atoms with van der Waals surface area (Å²) in [6.07, 6.45) is 0. The van der Waals surface area contributed by atoms with Crippen LogP contribution in [0.3, 0.4) is 0 Å². The summed E-state index contributed by atoms with van der Waals surface area (Å²) in [5.74, 6) is 1.70. The fraction of sp³-hybridized carbons (Fsp3) is 0.308. The summed E-state index contributed by atoms with van der Waals surface area (Å²) in [5.41, 5.74) is 9.74. The molecule has 1 heterocycles. The molecule has 0 saturated carbocycles. The molecular formula is C13H17N3O. The van der Waals surface area contributed by atoms with Gasteiger partial charge in [-0.2, -0.15) is 0 Å². The fourth-order valence-electron chi connectivity index (χ4n) is 1.93. The minimum atomic E-state index is 0.427. The van der Waals surface area contributed by atoms with Gasteiger partial charge in [0.25, 0.3) is 0 Å². The van der Waals surface area contributed by atoms with Gasteiger partial charge in [0.1, 0.15) is 11.6 Å². The molecule has 2 rings (SSSR count). The van der Waals surface area contributed by atoms with E-state index in [4.69, 9.17) is 10.5 Å². The van der Waals surface area contributed by atoms with Gasteiger partial charge in [-0.05, 0) is 37.6 Å². The number of aryl methyl sites for hydroxylation is 2. The Kier molecular flexibility index (Phi) is 3.15. The number of aromatic nitrogens is 2. The van der Waals surface area contributed by atoms with Crippen molar-refractivity contribution in [1.82, 2.24) is 9.97 Å². The average Bonchev–Trinajstić information content (AvgIpc) is 2.70. The Labute approximate surface area is 101 Å². The van der Waals surface area contributed by atoms with Crippen LogP contribution in [0.2, 0.25) is 0 Å². The number of hydrogen-bond donors (Lipinski definition) is 2. The van der Waals surface area contributed by atoms with Crippen LogP contribution >= 0.6 is 0 Å². The van der Waals surface area contributed by atoms with Crippen LogP contribution < -0.4 is 10.5 Å². The maximum atomic E-state index is 5.57. The fourth-order valence-corrected chi connectivity index (χ4v) is 1.93. The maximum Gasteiger partial charge on any atom is 0.121 e. The number of nitrogens with zero attached hydrogens (tertiary/aromatic N) is 1. The highest BCUT2D eigenvalue weighted by atomic mass is 16.5. The highest BCUT2D eigenvalue weighted by Crippen LogP contribution is 2.26. The van der Waals surface area contributed by atoms with Crippen molar-refractivity contribution in [3.63, 3.8) is 0 Å². The van der Waals surface area contributed by atoms with Crippen LogP contribution in [0.4, 0.5) is 0 Å². The number of imidazole rings is 1. The summed E-state index contributed by atoms with van der Waals surface area (Å²) < 4.78 is 5.24. The van der Waals surface area contributed by atoms with Crippen molar-refractivity contribution in [3.8, 4) is 17.0 Å². The summed E-state index contributed by atoms with van der Waals surface area (Å²) in [4.78, 5) is 7.65. The van der Waals surface area contributed by atoms with Crippen LogP contribution in [0, 0.1) is 13.8 Å². The molecule has 0 aliphatic carbocycles. The van der Waals surface area contributed by atoms with Gasteiger partial charge < -0.3 is 15.5 Å². The zero-order valence-corrected chi connectivity index (χ0v) is 10.4. The summed E-state index contributed by atoms with van der Waals surface area (Å²) in [6, 6.07) is 6.04. The van der Waals surface area contributed by atoms with Crippen molar-refractivity contribution in [3.05, 3.63) is 35.3 Å². The molecule has 0 amide bonds. The van der Waals surface area contributed by atoms with E-state index in [0.717, 1.165) is 34.1 Å². The van der Waals surface area contributed by atoms with Crippen molar-refractivity contribution in [2.75, 3.05) is 7.11 Å². The molecular weight excluding hydrogens is 214 g/mol. The van der Waals surface area contributed by atoms with E-state index in [1.54, 1.807) is 7.11 Å². The molecule has 1 aromatic carbocycles. The molecule has 2 aromatic rings. The van der Waals surface area contributed by atoms with Crippen molar-refractivity contribution >= 4 is 0 Å². The Morgan fingerprint density at radius 3 is 2.65 bits per heavy atom. The van der Waals surface area contributed by atoms with E-state index in [2.05, 4.69) is 16.0 Å². The summed E-state index contributed by atoms with van der Waals surface area (Å²) in [5, 5.41) is 0. The van der Waals surface area contributed by atoms with Crippen LogP contribution in [0.25, 0.3) is 11.3 Å². The predicted octanol–water partition coefficient (Wildman–Crippen LogP) is 2.16. The number of hydrogen-bond acceptors (Lipinski definition) is 3. The molecule has 0 radical (unpaired) electrons. The van der Waals surface area contributed by atoms with E-state index < -0.39 is 0 Å². The lowest BCUT2D eigenvalue weighted by Gasteiger charge is -2.06. The molecule has 0 saturated heterocycles.